The summed E-state index contributed by atoms with van der Waals surface area (Å²) in [7, 11) is 0. The van der Waals surface area contributed by atoms with E-state index in [1.54, 1.807) is 29.2 Å². The number of amides is 1. The second-order valence-electron chi connectivity index (χ2n) is 6.71. The fourth-order valence-electron chi connectivity index (χ4n) is 2.97. The van der Waals surface area contributed by atoms with Crippen LogP contribution in [-0.2, 0) is 17.9 Å². The topological polar surface area (TPSA) is 72.6 Å². The first kappa shape index (κ1) is 20.1. The molecular formula is C24H24N2O3. The van der Waals surface area contributed by atoms with E-state index >= 15 is 0 Å². The maximum absolute atomic E-state index is 12.7. The van der Waals surface area contributed by atoms with Gasteiger partial charge in [0.05, 0.1) is 0 Å². The minimum atomic E-state index is -0.452. The Morgan fingerprint density at radius 1 is 0.793 bits per heavy atom. The summed E-state index contributed by atoms with van der Waals surface area (Å²) < 4.78 is 5.48. The van der Waals surface area contributed by atoms with Gasteiger partial charge in [0, 0.05) is 30.8 Å². The summed E-state index contributed by atoms with van der Waals surface area (Å²) in [5.41, 5.74) is 8.70. The van der Waals surface area contributed by atoms with E-state index in [1.165, 1.54) is 0 Å². The number of ether oxygens (including phenoxy) is 1. The molecule has 148 valence electrons. The largest absolute Gasteiger partial charge is 0.445 e. The molecule has 0 fully saturated rings. The van der Waals surface area contributed by atoms with Crippen molar-refractivity contribution in [3.8, 4) is 0 Å². The Labute approximate surface area is 170 Å². The van der Waals surface area contributed by atoms with Crippen LogP contribution >= 0.6 is 0 Å². The van der Waals surface area contributed by atoms with Gasteiger partial charge in [-0.2, -0.15) is 0 Å². The second kappa shape index (κ2) is 10.1. The van der Waals surface area contributed by atoms with Gasteiger partial charge in [-0.1, -0.05) is 72.8 Å². The zero-order chi connectivity index (χ0) is 20.5. The molecule has 3 aromatic rings. The molecule has 5 heteroatoms. The maximum Gasteiger partial charge on any atom is 0.410 e. The number of hydrogen-bond donors (Lipinski definition) is 1. The number of ketones is 1. The van der Waals surface area contributed by atoms with Crippen molar-refractivity contribution >= 4 is 17.6 Å². The third kappa shape index (κ3) is 5.94. The lowest BCUT2D eigenvalue weighted by Crippen LogP contribution is -2.33. The fraction of sp³-hybridized carbons (Fsp3) is 0.167. The number of anilines is 1. The Morgan fingerprint density at radius 2 is 1.38 bits per heavy atom. The standard InChI is InChI=1S/C24H24N2O3/c25-22-14-8-7-13-21(22)23(27)15-16-26(17-19-9-3-1-4-10-19)24(28)29-18-20-11-5-2-6-12-20/h1-14H,15-18,25H2. The van der Waals surface area contributed by atoms with E-state index in [1.807, 2.05) is 60.7 Å². The molecule has 2 N–H and O–H groups in total. The van der Waals surface area contributed by atoms with Crippen LogP contribution in [-0.4, -0.2) is 23.3 Å². The predicted molar refractivity (Wildman–Crippen MR) is 113 cm³/mol. The van der Waals surface area contributed by atoms with Gasteiger partial charge in [-0.25, -0.2) is 4.79 Å². The Hall–Kier alpha value is -3.60. The van der Waals surface area contributed by atoms with Gasteiger partial charge in [-0.15, -0.1) is 0 Å². The highest BCUT2D eigenvalue weighted by Gasteiger charge is 2.18. The summed E-state index contributed by atoms with van der Waals surface area (Å²) in [5.74, 6) is -0.1000. The van der Waals surface area contributed by atoms with Gasteiger partial charge in [0.2, 0.25) is 0 Å². The summed E-state index contributed by atoms with van der Waals surface area (Å²) in [6.07, 6.45) is -0.284. The van der Waals surface area contributed by atoms with Crippen molar-refractivity contribution in [2.24, 2.45) is 0 Å². The average molecular weight is 388 g/mol. The summed E-state index contributed by atoms with van der Waals surface area (Å²) in [5, 5.41) is 0. The minimum Gasteiger partial charge on any atom is -0.445 e. The van der Waals surface area contributed by atoms with Crippen LogP contribution in [0.4, 0.5) is 10.5 Å². The number of para-hydroxylation sites is 1. The molecule has 0 spiro atoms. The van der Waals surface area contributed by atoms with E-state index in [0.717, 1.165) is 11.1 Å². The molecule has 0 unspecified atom stereocenters. The molecule has 0 atom stereocenters. The van der Waals surface area contributed by atoms with Crippen LogP contribution in [0.25, 0.3) is 0 Å². The zero-order valence-corrected chi connectivity index (χ0v) is 16.2. The Morgan fingerprint density at radius 3 is 2.03 bits per heavy atom. The highest BCUT2D eigenvalue weighted by molar-refractivity contribution is 6.00. The number of rotatable bonds is 8. The lowest BCUT2D eigenvalue weighted by molar-refractivity contribution is 0.0867. The van der Waals surface area contributed by atoms with Crippen molar-refractivity contribution in [2.45, 2.75) is 19.6 Å². The fourth-order valence-corrected chi connectivity index (χ4v) is 2.97. The highest BCUT2D eigenvalue weighted by Crippen LogP contribution is 2.15. The van der Waals surface area contributed by atoms with Gasteiger partial charge in [-0.05, 0) is 23.3 Å². The first-order valence-electron chi connectivity index (χ1n) is 9.51. The molecule has 0 saturated heterocycles. The SMILES string of the molecule is Nc1ccccc1C(=O)CCN(Cc1ccccc1)C(=O)OCc1ccccc1. The van der Waals surface area contributed by atoms with Gasteiger partial charge in [0.1, 0.15) is 6.61 Å². The summed E-state index contributed by atoms with van der Waals surface area (Å²) in [4.78, 5) is 26.8. The van der Waals surface area contributed by atoms with Crippen LogP contribution in [0.15, 0.2) is 84.9 Å². The van der Waals surface area contributed by atoms with Crippen molar-refractivity contribution in [1.29, 1.82) is 0 Å². The Bertz CT molecular complexity index is 943. The Kier molecular flexibility index (Phi) is 7.00. The molecule has 29 heavy (non-hydrogen) atoms. The predicted octanol–water partition coefficient (Wildman–Crippen LogP) is 4.68. The first-order chi connectivity index (χ1) is 14.1. The van der Waals surface area contributed by atoms with E-state index in [2.05, 4.69) is 0 Å². The quantitative estimate of drug-likeness (QED) is 0.449. The van der Waals surface area contributed by atoms with Gasteiger partial charge in [0.15, 0.2) is 5.78 Å². The third-order valence-electron chi connectivity index (χ3n) is 4.55. The molecule has 0 aliphatic rings. The van der Waals surface area contributed by atoms with Crippen molar-refractivity contribution in [1.82, 2.24) is 4.90 Å². The minimum absolute atomic E-state index is 0.1000. The van der Waals surface area contributed by atoms with E-state index < -0.39 is 6.09 Å². The molecule has 0 bridgehead atoms. The van der Waals surface area contributed by atoms with Gasteiger partial charge >= 0.3 is 6.09 Å². The van der Waals surface area contributed by atoms with Crippen LogP contribution in [0.5, 0.6) is 0 Å². The van der Waals surface area contributed by atoms with Crippen molar-refractivity contribution in [3.05, 3.63) is 102 Å². The highest BCUT2D eigenvalue weighted by atomic mass is 16.6. The van der Waals surface area contributed by atoms with Crippen molar-refractivity contribution in [3.63, 3.8) is 0 Å². The number of carbonyl (C=O) groups excluding carboxylic acids is 2. The molecule has 0 aliphatic carbocycles. The molecule has 3 aromatic carbocycles. The molecule has 0 saturated carbocycles. The van der Waals surface area contributed by atoms with Gasteiger partial charge in [0.25, 0.3) is 0 Å². The van der Waals surface area contributed by atoms with Gasteiger partial charge in [-0.3, -0.25) is 4.79 Å². The molecule has 0 heterocycles. The summed E-state index contributed by atoms with van der Waals surface area (Å²) >= 11 is 0. The van der Waals surface area contributed by atoms with Crippen LogP contribution in [0.1, 0.15) is 27.9 Å². The average Bonchev–Trinajstić information content (AvgIpc) is 2.76. The summed E-state index contributed by atoms with van der Waals surface area (Å²) in [6, 6.07) is 26.1. The van der Waals surface area contributed by atoms with E-state index in [9.17, 15) is 9.59 Å². The van der Waals surface area contributed by atoms with E-state index in [0.29, 0.717) is 17.8 Å². The zero-order valence-electron chi connectivity index (χ0n) is 16.2. The second-order valence-corrected chi connectivity index (χ2v) is 6.71. The molecule has 0 radical (unpaired) electrons. The van der Waals surface area contributed by atoms with Gasteiger partial charge < -0.3 is 15.4 Å². The number of hydrogen-bond acceptors (Lipinski definition) is 4. The Balaban J connectivity index is 1.66. The summed E-state index contributed by atoms with van der Waals surface area (Å²) in [6.45, 7) is 0.798. The van der Waals surface area contributed by atoms with Crippen LogP contribution in [0.2, 0.25) is 0 Å². The number of Topliss-reactive ketones (excluding diaryl/α,β-unsaturated/α-hetero) is 1. The number of nitrogens with two attached hydrogens (primary N) is 1. The third-order valence-corrected chi connectivity index (χ3v) is 4.55. The molecule has 1 amide bonds. The maximum atomic E-state index is 12.7. The van der Waals surface area contributed by atoms with Crippen molar-refractivity contribution < 1.29 is 14.3 Å². The monoisotopic (exact) mass is 388 g/mol. The molecule has 3 rings (SSSR count). The molecular weight excluding hydrogens is 364 g/mol. The number of nitrogens with zero attached hydrogens (tertiary/aromatic N) is 1. The van der Waals surface area contributed by atoms with E-state index in [-0.39, 0.29) is 25.4 Å². The number of nitrogen functional groups attached to an aromatic ring is 1. The lowest BCUT2D eigenvalue weighted by Gasteiger charge is -2.22. The van der Waals surface area contributed by atoms with E-state index in [4.69, 9.17) is 10.5 Å². The smallest absolute Gasteiger partial charge is 0.410 e. The lowest BCUT2D eigenvalue weighted by atomic mass is 10.1. The number of benzene rings is 3. The van der Waals surface area contributed by atoms with Crippen LogP contribution < -0.4 is 5.73 Å². The molecule has 0 aromatic heterocycles. The first-order valence-corrected chi connectivity index (χ1v) is 9.51. The van der Waals surface area contributed by atoms with Crippen LogP contribution in [0, 0.1) is 0 Å². The van der Waals surface area contributed by atoms with Crippen molar-refractivity contribution in [2.75, 3.05) is 12.3 Å². The normalized spacial score (nSPS) is 10.3. The molecule has 5 nitrogen and oxygen atoms in total. The molecule has 0 aliphatic heterocycles. The number of carbonyl (C=O) groups is 2. The van der Waals surface area contributed by atoms with Crippen LogP contribution in [0.3, 0.4) is 0 Å².